The number of hydrogen-bond donors (Lipinski definition) is 1. The monoisotopic (exact) mass is 289 g/mol. The van der Waals surface area contributed by atoms with E-state index in [9.17, 15) is 0 Å². The van der Waals surface area contributed by atoms with Crippen LogP contribution in [0.4, 0.5) is 0 Å². The Kier molecular flexibility index (Phi) is 5.69. The minimum atomic E-state index is 0.207. The van der Waals surface area contributed by atoms with Gasteiger partial charge in [0.15, 0.2) is 0 Å². The molecule has 0 amide bonds. The third kappa shape index (κ3) is 4.23. The van der Waals surface area contributed by atoms with E-state index in [0.717, 1.165) is 18.1 Å². The van der Waals surface area contributed by atoms with Gasteiger partial charge in [0.25, 0.3) is 0 Å². The molecule has 21 heavy (non-hydrogen) atoms. The molecule has 0 saturated heterocycles. The molecule has 0 aromatic heterocycles. The fourth-order valence-electron chi connectivity index (χ4n) is 3.66. The van der Waals surface area contributed by atoms with Crippen molar-refractivity contribution in [2.24, 2.45) is 11.7 Å². The molecule has 1 aromatic carbocycles. The molecule has 0 radical (unpaired) electrons. The van der Waals surface area contributed by atoms with Crippen LogP contribution in [-0.4, -0.2) is 12.1 Å². The zero-order valence-electron chi connectivity index (χ0n) is 14.1. The van der Waals surface area contributed by atoms with E-state index in [1.165, 1.54) is 48.8 Å². The Morgan fingerprint density at radius 1 is 1.19 bits per heavy atom. The molecule has 2 nitrogen and oxygen atoms in total. The van der Waals surface area contributed by atoms with Crippen molar-refractivity contribution in [3.8, 4) is 5.75 Å². The van der Waals surface area contributed by atoms with Gasteiger partial charge in [0, 0.05) is 6.04 Å². The molecule has 1 aromatic rings. The van der Waals surface area contributed by atoms with Gasteiger partial charge in [0.1, 0.15) is 11.9 Å². The molecular weight excluding hydrogens is 258 g/mol. The van der Waals surface area contributed by atoms with E-state index >= 15 is 0 Å². The molecule has 1 aliphatic carbocycles. The number of rotatable bonds is 5. The lowest BCUT2D eigenvalue weighted by Crippen LogP contribution is -2.30. The fourth-order valence-corrected chi connectivity index (χ4v) is 3.66. The third-order valence-corrected chi connectivity index (χ3v) is 4.71. The SMILES string of the molecule is CCC1CCCCC1Oc1c(C)cc(CC(C)N)cc1C. The summed E-state index contributed by atoms with van der Waals surface area (Å²) in [6.45, 7) is 8.67. The molecule has 2 N–H and O–H groups in total. The van der Waals surface area contributed by atoms with Crippen LogP contribution in [0.1, 0.15) is 62.6 Å². The quantitative estimate of drug-likeness (QED) is 0.863. The second-order valence-corrected chi connectivity index (χ2v) is 6.85. The second kappa shape index (κ2) is 7.31. The summed E-state index contributed by atoms with van der Waals surface area (Å²) in [4.78, 5) is 0. The lowest BCUT2D eigenvalue weighted by atomic mass is 9.84. The summed E-state index contributed by atoms with van der Waals surface area (Å²) in [7, 11) is 0. The molecule has 2 heteroatoms. The van der Waals surface area contributed by atoms with Crippen molar-refractivity contribution in [2.75, 3.05) is 0 Å². The fraction of sp³-hybridized carbons (Fsp3) is 0.684. The standard InChI is InChI=1S/C19H31NO/c1-5-17-8-6-7-9-18(17)21-19-13(2)10-16(11-14(19)3)12-15(4)20/h10-11,15,17-18H,5-9,12,20H2,1-4H3. The summed E-state index contributed by atoms with van der Waals surface area (Å²) < 4.78 is 6.45. The predicted octanol–water partition coefficient (Wildman–Crippen LogP) is 4.54. The molecule has 0 aliphatic heterocycles. The van der Waals surface area contributed by atoms with Crippen LogP contribution >= 0.6 is 0 Å². The molecule has 3 unspecified atom stereocenters. The van der Waals surface area contributed by atoms with Crippen LogP contribution in [0.3, 0.4) is 0 Å². The highest BCUT2D eigenvalue weighted by Gasteiger charge is 2.26. The van der Waals surface area contributed by atoms with E-state index in [1.807, 2.05) is 0 Å². The highest BCUT2D eigenvalue weighted by atomic mass is 16.5. The molecule has 0 bridgehead atoms. The average Bonchev–Trinajstić information content (AvgIpc) is 2.42. The van der Waals surface area contributed by atoms with Crippen molar-refractivity contribution in [2.45, 2.75) is 78.4 Å². The highest BCUT2D eigenvalue weighted by molar-refractivity contribution is 5.43. The topological polar surface area (TPSA) is 35.2 Å². The Labute approximate surface area is 130 Å². The van der Waals surface area contributed by atoms with Gasteiger partial charge < -0.3 is 10.5 Å². The van der Waals surface area contributed by atoms with Crippen LogP contribution in [0.5, 0.6) is 5.75 Å². The first kappa shape index (κ1) is 16.4. The van der Waals surface area contributed by atoms with Crippen LogP contribution in [0, 0.1) is 19.8 Å². The van der Waals surface area contributed by atoms with E-state index in [2.05, 4.69) is 39.8 Å². The van der Waals surface area contributed by atoms with E-state index < -0.39 is 0 Å². The molecule has 0 spiro atoms. The summed E-state index contributed by atoms with van der Waals surface area (Å²) in [5.41, 5.74) is 9.75. The van der Waals surface area contributed by atoms with Crippen molar-refractivity contribution < 1.29 is 4.74 Å². The molecular formula is C19H31NO. The lowest BCUT2D eigenvalue weighted by molar-refractivity contribution is 0.0890. The number of aryl methyl sites for hydroxylation is 2. The molecule has 1 fully saturated rings. The molecule has 1 aliphatic rings. The minimum Gasteiger partial charge on any atom is -0.490 e. The van der Waals surface area contributed by atoms with Crippen LogP contribution in [-0.2, 0) is 6.42 Å². The Morgan fingerprint density at radius 3 is 2.38 bits per heavy atom. The second-order valence-electron chi connectivity index (χ2n) is 6.85. The van der Waals surface area contributed by atoms with Gasteiger partial charge in [-0.2, -0.15) is 0 Å². The Bertz CT molecular complexity index is 444. The van der Waals surface area contributed by atoms with Gasteiger partial charge in [0.2, 0.25) is 0 Å². The van der Waals surface area contributed by atoms with E-state index in [-0.39, 0.29) is 6.04 Å². The smallest absolute Gasteiger partial charge is 0.125 e. The maximum Gasteiger partial charge on any atom is 0.125 e. The van der Waals surface area contributed by atoms with Crippen molar-refractivity contribution in [3.05, 3.63) is 28.8 Å². The van der Waals surface area contributed by atoms with E-state index in [0.29, 0.717) is 6.10 Å². The predicted molar refractivity (Wildman–Crippen MR) is 89.9 cm³/mol. The number of hydrogen-bond acceptors (Lipinski definition) is 2. The summed E-state index contributed by atoms with van der Waals surface area (Å²) >= 11 is 0. The summed E-state index contributed by atoms with van der Waals surface area (Å²) in [6.07, 6.45) is 7.77. The molecule has 2 rings (SSSR count). The normalized spacial score (nSPS) is 23.9. The maximum atomic E-state index is 6.45. The maximum absolute atomic E-state index is 6.45. The summed E-state index contributed by atoms with van der Waals surface area (Å²) in [6, 6.07) is 4.70. The number of nitrogens with two attached hydrogens (primary N) is 1. The van der Waals surface area contributed by atoms with Crippen LogP contribution in [0.15, 0.2) is 12.1 Å². The van der Waals surface area contributed by atoms with Gasteiger partial charge in [-0.1, -0.05) is 25.5 Å². The first-order chi connectivity index (χ1) is 10.0. The first-order valence-corrected chi connectivity index (χ1v) is 8.53. The van der Waals surface area contributed by atoms with Crippen molar-refractivity contribution in [1.29, 1.82) is 0 Å². The van der Waals surface area contributed by atoms with Crippen molar-refractivity contribution in [1.82, 2.24) is 0 Å². The third-order valence-electron chi connectivity index (χ3n) is 4.71. The van der Waals surface area contributed by atoms with Gasteiger partial charge in [-0.25, -0.2) is 0 Å². The Balaban J connectivity index is 2.15. The first-order valence-electron chi connectivity index (χ1n) is 8.53. The zero-order valence-corrected chi connectivity index (χ0v) is 14.1. The zero-order chi connectivity index (χ0) is 15.4. The Morgan fingerprint density at radius 2 is 1.81 bits per heavy atom. The van der Waals surface area contributed by atoms with Gasteiger partial charge in [-0.15, -0.1) is 0 Å². The van der Waals surface area contributed by atoms with Gasteiger partial charge in [0.05, 0.1) is 0 Å². The van der Waals surface area contributed by atoms with E-state index in [4.69, 9.17) is 10.5 Å². The van der Waals surface area contributed by atoms with Crippen LogP contribution < -0.4 is 10.5 Å². The molecule has 3 atom stereocenters. The van der Waals surface area contributed by atoms with Crippen molar-refractivity contribution in [3.63, 3.8) is 0 Å². The molecule has 1 saturated carbocycles. The average molecular weight is 289 g/mol. The molecule has 118 valence electrons. The van der Waals surface area contributed by atoms with Gasteiger partial charge in [-0.05, 0) is 75.5 Å². The van der Waals surface area contributed by atoms with Crippen LogP contribution in [0.2, 0.25) is 0 Å². The van der Waals surface area contributed by atoms with Gasteiger partial charge >= 0.3 is 0 Å². The largest absolute Gasteiger partial charge is 0.490 e. The lowest BCUT2D eigenvalue weighted by Gasteiger charge is -2.32. The highest BCUT2D eigenvalue weighted by Crippen LogP contribution is 2.33. The molecule has 0 heterocycles. The summed E-state index contributed by atoms with van der Waals surface area (Å²) in [5.74, 6) is 1.83. The van der Waals surface area contributed by atoms with Gasteiger partial charge in [-0.3, -0.25) is 0 Å². The van der Waals surface area contributed by atoms with Crippen LogP contribution in [0.25, 0.3) is 0 Å². The number of ether oxygens (including phenoxy) is 1. The number of benzene rings is 1. The van der Waals surface area contributed by atoms with Crippen molar-refractivity contribution >= 4 is 0 Å². The summed E-state index contributed by atoms with van der Waals surface area (Å²) in [5, 5.41) is 0. The Hall–Kier alpha value is -1.02. The van der Waals surface area contributed by atoms with E-state index in [1.54, 1.807) is 0 Å². The minimum absolute atomic E-state index is 0.207.